The average molecular weight is 378 g/mol. The van der Waals surface area contributed by atoms with E-state index in [2.05, 4.69) is 5.32 Å². The van der Waals surface area contributed by atoms with Gasteiger partial charge in [-0.15, -0.1) is 0 Å². The number of halogens is 2. The summed E-state index contributed by atoms with van der Waals surface area (Å²) in [4.78, 5) is 23.7. The zero-order valence-corrected chi connectivity index (χ0v) is 15.3. The van der Waals surface area contributed by atoms with Gasteiger partial charge in [-0.25, -0.2) is 4.79 Å². The Morgan fingerprint density at radius 3 is 2.28 bits per heavy atom. The summed E-state index contributed by atoms with van der Waals surface area (Å²) in [7, 11) is 0. The van der Waals surface area contributed by atoms with Crippen molar-refractivity contribution in [2.45, 2.75) is 13.8 Å². The third kappa shape index (κ3) is 5.34. The topological polar surface area (TPSA) is 55.4 Å². The van der Waals surface area contributed by atoms with Gasteiger partial charge in [0, 0.05) is 11.8 Å². The minimum absolute atomic E-state index is 0.285. The third-order valence-electron chi connectivity index (χ3n) is 3.39. The Morgan fingerprint density at radius 1 is 1.04 bits per heavy atom. The van der Waals surface area contributed by atoms with Crippen LogP contribution in [0.2, 0.25) is 10.0 Å². The van der Waals surface area contributed by atoms with Gasteiger partial charge in [0.2, 0.25) is 5.91 Å². The molecule has 0 bridgehead atoms. The number of esters is 1. The van der Waals surface area contributed by atoms with Crippen molar-refractivity contribution in [1.82, 2.24) is 0 Å². The molecule has 0 atom stereocenters. The highest BCUT2D eigenvalue weighted by Gasteiger charge is 2.07. The number of ether oxygens (including phenoxy) is 1. The van der Waals surface area contributed by atoms with E-state index >= 15 is 0 Å². The Hall–Kier alpha value is -2.30. The molecule has 0 aliphatic rings. The average Bonchev–Trinajstić information content (AvgIpc) is 2.58. The summed E-state index contributed by atoms with van der Waals surface area (Å²) < 4.78 is 4.91. The number of benzene rings is 2. The first-order valence-electron chi connectivity index (χ1n) is 7.62. The molecule has 0 saturated carbocycles. The van der Waals surface area contributed by atoms with E-state index in [1.165, 1.54) is 6.08 Å². The summed E-state index contributed by atoms with van der Waals surface area (Å²) in [5, 5.41) is 3.63. The number of anilines is 1. The van der Waals surface area contributed by atoms with Gasteiger partial charge in [0.1, 0.15) is 0 Å². The van der Waals surface area contributed by atoms with E-state index in [9.17, 15) is 9.59 Å². The summed E-state index contributed by atoms with van der Waals surface area (Å²) >= 11 is 11.9. The quantitative estimate of drug-likeness (QED) is 0.574. The predicted octanol–water partition coefficient (Wildman–Crippen LogP) is 5.21. The number of allylic oxidation sites excluding steroid dienone is 1. The predicted molar refractivity (Wildman–Crippen MR) is 101 cm³/mol. The molecule has 0 heterocycles. The molecule has 0 saturated heterocycles. The monoisotopic (exact) mass is 377 g/mol. The van der Waals surface area contributed by atoms with Crippen molar-refractivity contribution in [3.63, 3.8) is 0 Å². The van der Waals surface area contributed by atoms with Gasteiger partial charge in [-0.1, -0.05) is 29.3 Å². The maximum Gasteiger partial charge on any atom is 0.338 e. The van der Waals surface area contributed by atoms with Crippen molar-refractivity contribution in [3.8, 4) is 0 Å². The Morgan fingerprint density at radius 2 is 1.68 bits per heavy atom. The van der Waals surface area contributed by atoms with Gasteiger partial charge in [-0.3, -0.25) is 4.79 Å². The minimum atomic E-state index is -0.393. The van der Waals surface area contributed by atoms with Crippen molar-refractivity contribution in [2.24, 2.45) is 0 Å². The summed E-state index contributed by atoms with van der Waals surface area (Å²) in [6.45, 7) is 3.87. The molecular formula is C19H17Cl2NO3. The second-order valence-corrected chi connectivity index (χ2v) is 6.06. The lowest BCUT2D eigenvalue weighted by atomic mass is 10.1. The zero-order valence-electron chi connectivity index (χ0n) is 13.8. The lowest BCUT2D eigenvalue weighted by molar-refractivity contribution is -0.111. The fourth-order valence-electron chi connectivity index (χ4n) is 2.10. The van der Waals surface area contributed by atoms with Crippen molar-refractivity contribution >= 4 is 46.3 Å². The van der Waals surface area contributed by atoms with Gasteiger partial charge in [-0.2, -0.15) is 0 Å². The van der Waals surface area contributed by atoms with Gasteiger partial charge in [0.05, 0.1) is 22.2 Å². The van der Waals surface area contributed by atoms with Crippen LogP contribution in [0, 0.1) is 0 Å². The molecule has 0 radical (unpaired) electrons. The molecule has 0 aromatic heterocycles. The third-order valence-corrected chi connectivity index (χ3v) is 4.13. The number of carbonyl (C=O) groups excluding carboxylic acids is 2. The van der Waals surface area contributed by atoms with Crippen LogP contribution >= 0.6 is 23.2 Å². The molecule has 4 nitrogen and oxygen atoms in total. The second kappa shape index (κ2) is 8.70. The molecule has 0 spiro atoms. The van der Waals surface area contributed by atoms with Crippen LogP contribution in [-0.2, 0) is 9.53 Å². The number of hydrogen-bond acceptors (Lipinski definition) is 3. The molecule has 2 aromatic rings. The van der Waals surface area contributed by atoms with Crippen LogP contribution in [0.4, 0.5) is 5.69 Å². The Balaban J connectivity index is 2.06. The van der Waals surface area contributed by atoms with Gasteiger partial charge in [0.15, 0.2) is 0 Å². The SMILES string of the molecule is CCOC(=O)c1ccc(NC(=O)/C=C(/C)c2ccc(Cl)c(Cl)c2)cc1. The van der Waals surface area contributed by atoms with Crippen LogP contribution in [0.25, 0.3) is 5.57 Å². The second-order valence-electron chi connectivity index (χ2n) is 5.24. The van der Waals surface area contributed by atoms with Gasteiger partial charge >= 0.3 is 5.97 Å². The van der Waals surface area contributed by atoms with E-state index < -0.39 is 5.97 Å². The molecule has 0 aliphatic carbocycles. The largest absolute Gasteiger partial charge is 0.462 e. The summed E-state index contributed by atoms with van der Waals surface area (Å²) in [5.74, 6) is -0.678. The normalized spacial score (nSPS) is 11.1. The maximum absolute atomic E-state index is 12.1. The fourth-order valence-corrected chi connectivity index (χ4v) is 2.40. The Bertz CT molecular complexity index is 814. The minimum Gasteiger partial charge on any atom is -0.462 e. The van der Waals surface area contributed by atoms with Crippen LogP contribution < -0.4 is 5.32 Å². The highest BCUT2D eigenvalue weighted by Crippen LogP contribution is 2.26. The Kier molecular flexibility index (Phi) is 6.62. The van der Waals surface area contributed by atoms with Gasteiger partial charge < -0.3 is 10.1 Å². The number of carbonyl (C=O) groups is 2. The number of nitrogens with one attached hydrogen (secondary N) is 1. The smallest absolute Gasteiger partial charge is 0.338 e. The zero-order chi connectivity index (χ0) is 18.4. The molecule has 130 valence electrons. The molecule has 2 aromatic carbocycles. The van der Waals surface area contributed by atoms with E-state index in [-0.39, 0.29) is 5.91 Å². The molecule has 25 heavy (non-hydrogen) atoms. The molecule has 6 heteroatoms. The number of hydrogen-bond donors (Lipinski definition) is 1. The summed E-state index contributed by atoms with van der Waals surface area (Å²) in [6.07, 6.45) is 1.47. The van der Waals surface area contributed by atoms with E-state index in [0.29, 0.717) is 27.9 Å². The van der Waals surface area contributed by atoms with E-state index in [0.717, 1.165) is 11.1 Å². The van der Waals surface area contributed by atoms with Crippen molar-refractivity contribution in [3.05, 3.63) is 69.7 Å². The van der Waals surface area contributed by atoms with Crippen LogP contribution in [0.5, 0.6) is 0 Å². The lowest BCUT2D eigenvalue weighted by Gasteiger charge is -2.06. The summed E-state index contributed by atoms with van der Waals surface area (Å²) in [5.41, 5.74) is 2.57. The van der Waals surface area contributed by atoms with Crippen LogP contribution in [0.3, 0.4) is 0 Å². The van der Waals surface area contributed by atoms with Crippen LogP contribution in [-0.4, -0.2) is 18.5 Å². The molecule has 1 N–H and O–H groups in total. The highest BCUT2D eigenvalue weighted by molar-refractivity contribution is 6.42. The number of amides is 1. The molecule has 0 fully saturated rings. The molecular weight excluding hydrogens is 361 g/mol. The van der Waals surface area contributed by atoms with E-state index in [1.54, 1.807) is 49.4 Å². The van der Waals surface area contributed by atoms with Crippen LogP contribution in [0.15, 0.2) is 48.5 Å². The fraction of sp³-hybridized carbons (Fsp3) is 0.158. The van der Waals surface area contributed by atoms with E-state index in [1.807, 2.05) is 6.92 Å². The first-order valence-corrected chi connectivity index (χ1v) is 8.38. The standard InChI is InChI=1S/C19H17Cl2NO3/c1-3-25-19(24)13-4-7-15(8-5-13)22-18(23)10-12(2)14-6-9-16(20)17(21)11-14/h4-11H,3H2,1-2H3,(H,22,23)/b12-10-. The van der Waals surface area contributed by atoms with Crippen LogP contribution in [0.1, 0.15) is 29.8 Å². The maximum atomic E-state index is 12.1. The van der Waals surface area contributed by atoms with Gasteiger partial charge in [0.25, 0.3) is 0 Å². The molecule has 2 rings (SSSR count). The Labute approximate surface area is 156 Å². The molecule has 1 amide bonds. The van der Waals surface area contributed by atoms with Crippen molar-refractivity contribution in [2.75, 3.05) is 11.9 Å². The molecule has 0 unspecified atom stereocenters. The lowest BCUT2D eigenvalue weighted by Crippen LogP contribution is -2.09. The first-order chi connectivity index (χ1) is 11.9. The first kappa shape index (κ1) is 19.0. The number of rotatable bonds is 5. The van der Waals surface area contributed by atoms with Gasteiger partial charge in [-0.05, 0) is 61.4 Å². The van der Waals surface area contributed by atoms with E-state index in [4.69, 9.17) is 27.9 Å². The van der Waals surface area contributed by atoms with Crippen molar-refractivity contribution < 1.29 is 14.3 Å². The summed E-state index contributed by atoms with van der Waals surface area (Å²) in [6, 6.07) is 11.7. The van der Waals surface area contributed by atoms with Crippen molar-refractivity contribution in [1.29, 1.82) is 0 Å². The highest BCUT2D eigenvalue weighted by atomic mass is 35.5. The molecule has 0 aliphatic heterocycles.